The lowest BCUT2D eigenvalue weighted by Gasteiger charge is -2.27. The van der Waals surface area contributed by atoms with Crippen molar-refractivity contribution in [3.63, 3.8) is 0 Å². The number of amides is 2. The Hall–Kier alpha value is -2.69. The van der Waals surface area contributed by atoms with Gasteiger partial charge in [-0.25, -0.2) is 4.79 Å². The number of hydrogen-bond acceptors (Lipinski definition) is 3. The predicted octanol–water partition coefficient (Wildman–Crippen LogP) is 4.70. The first kappa shape index (κ1) is 20.1. The molecule has 1 atom stereocenters. The van der Waals surface area contributed by atoms with E-state index in [9.17, 15) is 4.79 Å². The van der Waals surface area contributed by atoms with Crippen LogP contribution < -0.4 is 14.8 Å². The molecule has 0 saturated carbocycles. The summed E-state index contributed by atoms with van der Waals surface area (Å²) in [5.74, 6) is 1.76. The molecule has 150 valence electrons. The van der Waals surface area contributed by atoms with Crippen LogP contribution in [0.2, 0.25) is 0 Å². The topological polar surface area (TPSA) is 50.8 Å². The van der Waals surface area contributed by atoms with Crippen molar-refractivity contribution in [3.05, 3.63) is 59.2 Å². The van der Waals surface area contributed by atoms with Crippen LogP contribution in [0.3, 0.4) is 0 Å². The fourth-order valence-electron chi connectivity index (χ4n) is 3.29. The Kier molecular flexibility index (Phi) is 6.45. The second-order valence-corrected chi connectivity index (χ2v) is 7.77. The molecule has 0 aromatic heterocycles. The lowest BCUT2D eigenvalue weighted by molar-refractivity contribution is 0.198. The van der Waals surface area contributed by atoms with Crippen molar-refractivity contribution in [2.75, 3.05) is 20.3 Å². The summed E-state index contributed by atoms with van der Waals surface area (Å²) >= 11 is 0. The normalized spacial score (nSPS) is 14.3. The quantitative estimate of drug-likeness (QED) is 0.816. The average Bonchev–Trinajstić information content (AvgIpc) is 2.92. The molecule has 1 aliphatic heterocycles. The van der Waals surface area contributed by atoms with Gasteiger partial charge in [-0.15, -0.1) is 0 Å². The van der Waals surface area contributed by atoms with Crippen molar-refractivity contribution in [2.45, 2.75) is 39.8 Å². The van der Waals surface area contributed by atoms with Crippen LogP contribution in [0, 0.1) is 12.8 Å². The Bertz CT molecular complexity index is 802. The van der Waals surface area contributed by atoms with Crippen molar-refractivity contribution >= 4 is 6.03 Å². The van der Waals surface area contributed by atoms with Crippen LogP contribution >= 0.6 is 0 Å². The molecule has 2 aromatic carbocycles. The minimum atomic E-state index is -0.106. The van der Waals surface area contributed by atoms with E-state index in [4.69, 9.17) is 9.47 Å². The first-order valence-corrected chi connectivity index (χ1v) is 9.91. The number of nitrogens with one attached hydrogen (secondary N) is 1. The molecule has 5 heteroatoms. The monoisotopic (exact) mass is 382 g/mol. The second kappa shape index (κ2) is 9.00. The van der Waals surface area contributed by atoms with Gasteiger partial charge in [-0.2, -0.15) is 0 Å². The molecule has 2 aromatic rings. The van der Waals surface area contributed by atoms with Crippen LogP contribution in [0.5, 0.6) is 11.5 Å². The molecule has 5 nitrogen and oxygen atoms in total. The first-order chi connectivity index (χ1) is 13.4. The fourth-order valence-corrected chi connectivity index (χ4v) is 3.29. The fraction of sp³-hybridized carbons (Fsp3) is 0.435. The van der Waals surface area contributed by atoms with Crippen LogP contribution in [0.25, 0.3) is 0 Å². The third kappa shape index (κ3) is 4.97. The number of carbonyl (C=O) groups excluding carboxylic acids is 1. The maximum atomic E-state index is 12.8. The van der Waals surface area contributed by atoms with Gasteiger partial charge in [0.15, 0.2) is 11.5 Å². The number of nitrogens with zero attached hydrogens (tertiary/aromatic N) is 1. The summed E-state index contributed by atoms with van der Waals surface area (Å²) in [6, 6.07) is 14.0. The number of ether oxygens (including phenoxy) is 2. The van der Waals surface area contributed by atoms with Crippen molar-refractivity contribution in [1.82, 2.24) is 10.2 Å². The molecule has 3 rings (SSSR count). The number of carbonyl (C=O) groups is 1. The molecule has 0 aliphatic carbocycles. The molecule has 0 bridgehead atoms. The largest absolute Gasteiger partial charge is 0.490 e. The van der Waals surface area contributed by atoms with Crippen molar-refractivity contribution < 1.29 is 14.3 Å². The Morgan fingerprint density at radius 2 is 1.75 bits per heavy atom. The van der Waals surface area contributed by atoms with Crippen molar-refractivity contribution in [3.8, 4) is 11.5 Å². The lowest BCUT2D eigenvalue weighted by Crippen LogP contribution is -2.40. The van der Waals surface area contributed by atoms with Gasteiger partial charge in [0.05, 0.1) is 19.3 Å². The number of benzene rings is 2. The van der Waals surface area contributed by atoms with E-state index in [-0.39, 0.29) is 18.0 Å². The third-order valence-corrected chi connectivity index (χ3v) is 4.96. The maximum absolute atomic E-state index is 12.8. The van der Waals surface area contributed by atoms with E-state index in [2.05, 4.69) is 50.4 Å². The zero-order valence-electron chi connectivity index (χ0n) is 17.2. The lowest BCUT2D eigenvalue weighted by atomic mass is 9.95. The Morgan fingerprint density at radius 3 is 2.43 bits per heavy atom. The van der Waals surface area contributed by atoms with Crippen LogP contribution in [0.15, 0.2) is 42.5 Å². The van der Waals surface area contributed by atoms with Gasteiger partial charge >= 0.3 is 6.03 Å². The molecule has 2 amide bonds. The maximum Gasteiger partial charge on any atom is 0.317 e. The highest BCUT2D eigenvalue weighted by Crippen LogP contribution is 2.34. The number of urea groups is 1. The van der Waals surface area contributed by atoms with Gasteiger partial charge in [-0.3, -0.25) is 0 Å². The van der Waals surface area contributed by atoms with Crippen molar-refractivity contribution in [2.24, 2.45) is 5.92 Å². The van der Waals surface area contributed by atoms with E-state index in [1.807, 2.05) is 25.2 Å². The molecule has 0 fully saturated rings. The second-order valence-electron chi connectivity index (χ2n) is 7.77. The van der Waals surface area contributed by atoms with Crippen molar-refractivity contribution in [1.29, 1.82) is 0 Å². The van der Waals surface area contributed by atoms with Gasteiger partial charge in [-0.05, 0) is 36.1 Å². The molecule has 28 heavy (non-hydrogen) atoms. The number of fused-ring (bicyclic) bond motifs is 1. The van der Waals surface area contributed by atoms with Gasteiger partial charge < -0.3 is 19.7 Å². The summed E-state index contributed by atoms with van der Waals surface area (Å²) in [6.45, 7) is 8.15. The summed E-state index contributed by atoms with van der Waals surface area (Å²) in [6.07, 6.45) is 0.873. The molecular weight excluding hydrogens is 352 g/mol. The number of hydrogen-bond donors (Lipinski definition) is 1. The average molecular weight is 383 g/mol. The molecular formula is C23H30N2O3. The van der Waals surface area contributed by atoms with Gasteiger partial charge in [0.1, 0.15) is 0 Å². The smallest absolute Gasteiger partial charge is 0.317 e. The molecule has 0 radical (unpaired) electrons. The van der Waals surface area contributed by atoms with Crippen LogP contribution in [-0.2, 0) is 6.54 Å². The molecule has 1 unspecified atom stereocenters. The summed E-state index contributed by atoms with van der Waals surface area (Å²) < 4.78 is 11.5. The van der Waals surface area contributed by atoms with Crippen LogP contribution in [0.1, 0.15) is 43.0 Å². The minimum Gasteiger partial charge on any atom is -0.490 e. The summed E-state index contributed by atoms with van der Waals surface area (Å²) in [7, 11) is 1.82. The van der Waals surface area contributed by atoms with Crippen LogP contribution in [-0.4, -0.2) is 31.2 Å². The van der Waals surface area contributed by atoms with Gasteiger partial charge in [0.2, 0.25) is 0 Å². The van der Waals surface area contributed by atoms with Gasteiger partial charge in [0.25, 0.3) is 0 Å². The molecule has 1 N–H and O–H groups in total. The number of aryl methyl sites for hydroxylation is 1. The molecule has 1 aliphatic rings. The predicted molar refractivity (Wildman–Crippen MR) is 111 cm³/mol. The Morgan fingerprint density at radius 1 is 1.07 bits per heavy atom. The molecule has 0 spiro atoms. The van der Waals surface area contributed by atoms with E-state index < -0.39 is 0 Å². The van der Waals surface area contributed by atoms with Crippen LogP contribution in [0.4, 0.5) is 4.79 Å². The van der Waals surface area contributed by atoms with Gasteiger partial charge in [-0.1, -0.05) is 49.7 Å². The minimum absolute atomic E-state index is 0.0913. The Balaban J connectivity index is 1.71. The van der Waals surface area contributed by atoms with E-state index >= 15 is 0 Å². The zero-order valence-corrected chi connectivity index (χ0v) is 17.2. The third-order valence-electron chi connectivity index (χ3n) is 4.96. The highest BCUT2D eigenvalue weighted by atomic mass is 16.5. The summed E-state index contributed by atoms with van der Waals surface area (Å²) in [5, 5.41) is 3.18. The number of rotatable bonds is 5. The first-order valence-electron chi connectivity index (χ1n) is 9.91. The van der Waals surface area contributed by atoms with E-state index in [0.717, 1.165) is 29.0 Å². The molecule has 0 saturated heterocycles. The zero-order chi connectivity index (χ0) is 20.1. The van der Waals surface area contributed by atoms with E-state index in [1.165, 1.54) is 5.56 Å². The van der Waals surface area contributed by atoms with E-state index in [0.29, 0.717) is 19.8 Å². The Labute approximate surface area is 167 Å². The standard InChI is InChI=1S/C23H30N2O3/c1-16(2)22(19-10-11-20-21(14-19)28-13-5-12-27-20)24-23(26)25(4)15-18-8-6-17(3)7-9-18/h6-11,14,16,22H,5,12-13,15H2,1-4H3,(H,24,26). The van der Waals surface area contributed by atoms with Gasteiger partial charge in [0, 0.05) is 20.0 Å². The molecule has 1 heterocycles. The summed E-state index contributed by atoms with van der Waals surface area (Å²) in [4.78, 5) is 14.5. The van der Waals surface area contributed by atoms with E-state index in [1.54, 1.807) is 4.90 Å². The SMILES string of the molecule is Cc1ccc(CN(C)C(=O)NC(c2ccc3c(c2)OCCCO3)C(C)C)cc1. The summed E-state index contributed by atoms with van der Waals surface area (Å²) in [5.41, 5.74) is 3.35. The highest BCUT2D eigenvalue weighted by Gasteiger charge is 2.22. The highest BCUT2D eigenvalue weighted by molar-refractivity contribution is 5.74.